The largest absolute Gasteiger partial charge is 0.468 e. The topological polar surface area (TPSA) is 91.5 Å². The lowest BCUT2D eigenvalue weighted by Crippen LogP contribution is -2.41. The van der Waals surface area contributed by atoms with Gasteiger partial charge in [0.05, 0.1) is 18.8 Å². The van der Waals surface area contributed by atoms with Gasteiger partial charge in [-0.1, -0.05) is 66.2 Å². The summed E-state index contributed by atoms with van der Waals surface area (Å²) in [6.45, 7) is 1.59. The molecule has 2 amide bonds. The molecule has 35 heavy (non-hydrogen) atoms. The molecule has 1 atom stereocenters. The molecule has 0 saturated carbocycles. The number of nitrogens with zero attached hydrogens (tertiary/aromatic N) is 1. The fraction of sp³-hybridized carbons (Fsp3) is 0.179. The molecule has 1 aromatic heterocycles. The Morgan fingerprint density at radius 1 is 1.00 bits per heavy atom. The van der Waals surface area contributed by atoms with Crippen LogP contribution in [0.15, 0.2) is 72.8 Å². The van der Waals surface area contributed by atoms with Gasteiger partial charge in [-0.3, -0.25) is 14.4 Å². The molecule has 5 rings (SSSR count). The minimum atomic E-state index is -0.552. The summed E-state index contributed by atoms with van der Waals surface area (Å²) >= 11 is 0. The predicted octanol–water partition coefficient (Wildman–Crippen LogP) is 3.98. The Bertz CT molecular complexity index is 1440. The van der Waals surface area contributed by atoms with Gasteiger partial charge in [0.1, 0.15) is 13.1 Å². The van der Waals surface area contributed by atoms with Crippen LogP contribution in [0.1, 0.15) is 33.1 Å². The molecule has 1 aliphatic rings. The molecule has 1 aliphatic heterocycles. The Hall–Kier alpha value is -4.39. The monoisotopic (exact) mass is 467 g/mol. The highest BCUT2D eigenvalue weighted by Crippen LogP contribution is 2.45. The number of rotatable bonds is 6. The molecule has 0 unspecified atom stereocenters. The number of H-pyrrole nitrogens is 1. The first-order chi connectivity index (χ1) is 17.0. The number of nitrogens with one attached hydrogen (secondary N) is 2. The second-order valence-electron chi connectivity index (χ2n) is 8.60. The Kier molecular flexibility index (Phi) is 5.82. The average molecular weight is 468 g/mol. The number of hydrogen-bond acceptors (Lipinski definition) is 4. The average Bonchev–Trinajstić information content (AvgIpc) is 3.38. The fourth-order valence-electron chi connectivity index (χ4n) is 4.69. The summed E-state index contributed by atoms with van der Waals surface area (Å²) < 4.78 is 4.61. The van der Waals surface area contributed by atoms with Crippen LogP contribution in [0.4, 0.5) is 0 Å². The van der Waals surface area contributed by atoms with E-state index >= 15 is 0 Å². The highest BCUT2D eigenvalue weighted by atomic mass is 16.5. The Balaban J connectivity index is 1.64. The lowest BCUT2D eigenvalue weighted by atomic mass is 9.93. The molecular formula is C28H25N3O4. The van der Waals surface area contributed by atoms with Crippen molar-refractivity contribution < 1.29 is 19.1 Å². The van der Waals surface area contributed by atoms with Crippen LogP contribution in [-0.4, -0.2) is 47.9 Å². The van der Waals surface area contributed by atoms with Gasteiger partial charge in [-0.05, 0) is 30.2 Å². The first kappa shape index (κ1) is 22.4. The van der Waals surface area contributed by atoms with Crippen molar-refractivity contribution in [3.63, 3.8) is 0 Å². The van der Waals surface area contributed by atoms with Crippen LogP contribution in [-0.2, 0) is 14.3 Å². The third kappa shape index (κ3) is 4.05. The van der Waals surface area contributed by atoms with Crippen molar-refractivity contribution in [2.75, 3.05) is 20.2 Å². The van der Waals surface area contributed by atoms with E-state index in [1.165, 1.54) is 7.11 Å². The summed E-state index contributed by atoms with van der Waals surface area (Å²) in [6, 6.07) is 23.2. The number of carbonyl (C=O) groups is 3. The summed E-state index contributed by atoms with van der Waals surface area (Å²) in [5.41, 5.74) is 6.34. The minimum absolute atomic E-state index is 0.192. The molecular weight excluding hydrogens is 442 g/mol. The zero-order chi connectivity index (χ0) is 24.5. The second-order valence-corrected chi connectivity index (χ2v) is 8.60. The van der Waals surface area contributed by atoms with E-state index in [4.69, 9.17) is 0 Å². The number of carbonyl (C=O) groups excluding carboxylic acids is 3. The molecule has 0 aliphatic carbocycles. The van der Waals surface area contributed by atoms with Crippen molar-refractivity contribution in [3.05, 3.63) is 95.1 Å². The van der Waals surface area contributed by atoms with Crippen LogP contribution in [0.3, 0.4) is 0 Å². The van der Waals surface area contributed by atoms with Gasteiger partial charge < -0.3 is 19.9 Å². The molecule has 3 aromatic carbocycles. The standard InChI is InChI=1S/C28H25N3O4/c1-17-11-13-18(14-12-17)26-25(21-9-5-6-10-22(21)30-26)27-19-7-3-4-8-20(19)28(34)31(27)16-23(32)29-15-24(33)35-2/h3-14,27,30H,15-16H2,1-2H3,(H,29,32)/t27-/m1/s1. The van der Waals surface area contributed by atoms with Gasteiger partial charge in [0.15, 0.2) is 0 Å². The van der Waals surface area contributed by atoms with Crippen molar-refractivity contribution in [2.45, 2.75) is 13.0 Å². The SMILES string of the molecule is COC(=O)CNC(=O)CN1C(=O)c2ccccc2[C@@H]1c1c(-c2ccc(C)cc2)[nH]c2ccccc12. The van der Waals surface area contributed by atoms with E-state index in [9.17, 15) is 14.4 Å². The summed E-state index contributed by atoms with van der Waals surface area (Å²) in [5.74, 6) is -1.21. The van der Waals surface area contributed by atoms with Crippen LogP contribution in [0, 0.1) is 6.92 Å². The predicted molar refractivity (Wildman–Crippen MR) is 133 cm³/mol. The summed E-state index contributed by atoms with van der Waals surface area (Å²) in [4.78, 5) is 42.9. The fourth-order valence-corrected chi connectivity index (χ4v) is 4.69. The summed E-state index contributed by atoms with van der Waals surface area (Å²) in [5, 5.41) is 3.53. The normalized spacial score (nSPS) is 14.7. The second kappa shape index (κ2) is 9.10. The maximum atomic E-state index is 13.5. The smallest absolute Gasteiger partial charge is 0.325 e. The van der Waals surface area contributed by atoms with Crippen LogP contribution in [0.5, 0.6) is 0 Å². The number of aryl methyl sites for hydroxylation is 1. The number of esters is 1. The van der Waals surface area contributed by atoms with Crippen molar-refractivity contribution >= 4 is 28.7 Å². The third-order valence-corrected chi connectivity index (χ3v) is 6.39. The number of aromatic amines is 1. The summed E-state index contributed by atoms with van der Waals surface area (Å²) in [6.07, 6.45) is 0. The number of fused-ring (bicyclic) bond motifs is 2. The van der Waals surface area contributed by atoms with Gasteiger partial charge in [0, 0.05) is 22.0 Å². The quantitative estimate of drug-likeness (QED) is 0.420. The zero-order valence-electron chi connectivity index (χ0n) is 19.5. The van der Waals surface area contributed by atoms with Crippen molar-refractivity contribution in [1.82, 2.24) is 15.2 Å². The zero-order valence-corrected chi connectivity index (χ0v) is 19.5. The number of amides is 2. The van der Waals surface area contributed by atoms with E-state index in [0.717, 1.165) is 38.9 Å². The van der Waals surface area contributed by atoms with Crippen molar-refractivity contribution in [2.24, 2.45) is 0 Å². The molecule has 0 saturated heterocycles. The molecule has 176 valence electrons. The number of benzene rings is 3. The van der Waals surface area contributed by atoms with E-state index in [2.05, 4.69) is 39.3 Å². The van der Waals surface area contributed by atoms with Crippen LogP contribution in [0.25, 0.3) is 22.2 Å². The Morgan fingerprint density at radius 3 is 2.49 bits per heavy atom. The van der Waals surface area contributed by atoms with Gasteiger partial charge in [-0.25, -0.2) is 0 Å². The molecule has 7 nitrogen and oxygen atoms in total. The van der Waals surface area contributed by atoms with E-state index in [1.807, 2.05) is 49.4 Å². The molecule has 4 aromatic rings. The minimum Gasteiger partial charge on any atom is -0.468 e. The molecule has 2 heterocycles. The molecule has 0 spiro atoms. The lowest BCUT2D eigenvalue weighted by Gasteiger charge is -2.26. The highest BCUT2D eigenvalue weighted by Gasteiger charge is 2.41. The number of para-hydroxylation sites is 1. The van der Waals surface area contributed by atoms with E-state index in [1.54, 1.807) is 11.0 Å². The maximum Gasteiger partial charge on any atom is 0.325 e. The molecule has 0 bridgehead atoms. The van der Waals surface area contributed by atoms with Gasteiger partial charge in [-0.15, -0.1) is 0 Å². The molecule has 7 heteroatoms. The van der Waals surface area contributed by atoms with Gasteiger partial charge in [0.2, 0.25) is 5.91 Å². The van der Waals surface area contributed by atoms with Gasteiger partial charge in [0.25, 0.3) is 5.91 Å². The van der Waals surface area contributed by atoms with Crippen molar-refractivity contribution in [3.8, 4) is 11.3 Å². The number of methoxy groups -OCH3 is 1. The Morgan fingerprint density at radius 2 is 1.71 bits per heavy atom. The number of ether oxygens (including phenoxy) is 1. The first-order valence-corrected chi connectivity index (χ1v) is 11.4. The lowest BCUT2D eigenvalue weighted by molar-refractivity contribution is -0.141. The first-order valence-electron chi connectivity index (χ1n) is 11.4. The Labute approximate surface area is 202 Å². The highest BCUT2D eigenvalue weighted by molar-refractivity contribution is 6.03. The van der Waals surface area contributed by atoms with E-state index < -0.39 is 17.9 Å². The number of aromatic nitrogens is 1. The van der Waals surface area contributed by atoms with Crippen molar-refractivity contribution in [1.29, 1.82) is 0 Å². The van der Waals surface area contributed by atoms with Gasteiger partial charge in [-0.2, -0.15) is 0 Å². The maximum absolute atomic E-state index is 13.5. The van der Waals surface area contributed by atoms with E-state index in [-0.39, 0.29) is 19.0 Å². The van der Waals surface area contributed by atoms with Crippen LogP contribution >= 0.6 is 0 Å². The van der Waals surface area contributed by atoms with Crippen LogP contribution in [0.2, 0.25) is 0 Å². The third-order valence-electron chi connectivity index (χ3n) is 6.39. The number of hydrogen-bond donors (Lipinski definition) is 2. The van der Waals surface area contributed by atoms with Gasteiger partial charge >= 0.3 is 5.97 Å². The summed E-state index contributed by atoms with van der Waals surface area (Å²) in [7, 11) is 1.26. The van der Waals surface area contributed by atoms with E-state index in [0.29, 0.717) is 5.56 Å². The molecule has 0 radical (unpaired) electrons. The van der Waals surface area contributed by atoms with Crippen LogP contribution < -0.4 is 5.32 Å². The molecule has 0 fully saturated rings. The molecule has 2 N–H and O–H groups in total.